The first-order valence-electron chi connectivity index (χ1n) is 7.47. The van der Waals surface area contributed by atoms with E-state index in [1.54, 1.807) is 0 Å². The lowest BCUT2D eigenvalue weighted by atomic mass is 9.91. The van der Waals surface area contributed by atoms with Gasteiger partial charge < -0.3 is 10.0 Å². The van der Waals surface area contributed by atoms with Gasteiger partial charge >= 0.3 is 5.97 Å². The van der Waals surface area contributed by atoms with Gasteiger partial charge in [-0.2, -0.15) is 0 Å². The Hall–Kier alpha value is -1.14. The molecule has 2 rings (SSSR count). The molecule has 1 N–H and O–H groups in total. The SMILES string of the molecule is CCN1CCN(c2nc(C(C)(C)C)c(C(=O)O)s2)CC1C. The molecule has 0 aromatic carbocycles. The van der Waals surface area contributed by atoms with Gasteiger partial charge in [0.1, 0.15) is 4.88 Å². The van der Waals surface area contributed by atoms with Gasteiger partial charge in [-0.1, -0.05) is 39.0 Å². The van der Waals surface area contributed by atoms with E-state index in [9.17, 15) is 9.90 Å². The second-order valence-electron chi connectivity index (χ2n) is 6.65. The van der Waals surface area contributed by atoms with Crippen LogP contribution in [0, 0.1) is 0 Å². The summed E-state index contributed by atoms with van der Waals surface area (Å²) in [5.74, 6) is -0.871. The minimum Gasteiger partial charge on any atom is -0.477 e. The molecule has 0 bridgehead atoms. The third-order valence-corrected chi connectivity index (χ3v) is 5.07. The number of likely N-dealkylation sites (N-methyl/N-ethyl adjacent to an activating group) is 1. The van der Waals surface area contributed by atoms with E-state index in [0.29, 0.717) is 16.6 Å². The number of carboxylic acids is 1. The third-order valence-electron chi connectivity index (χ3n) is 3.96. The van der Waals surface area contributed by atoms with Crippen LogP contribution < -0.4 is 4.90 Å². The minimum absolute atomic E-state index is 0.251. The number of rotatable bonds is 3. The monoisotopic (exact) mass is 311 g/mol. The molecule has 1 saturated heterocycles. The zero-order valence-corrected chi connectivity index (χ0v) is 14.3. The molecule has 1 unspecified atom stereocenters. The molecule has 6 heteroatoms. The minimum atomic E-state index is -0.871. The number of hydrogen-bond acceptors (Lipinski definition) is 5. The van der Waals surface area contributed by atoms with Crippen LogP contribution in [0.15, 0.2) is 0 Å². The highest BCUT2D eigenvalue weighted by atomic mass is 32.1. The van der Waals surface area contributed by atoms with Crippen molar-refractivity contribution in [2.45, 2.75) is 46.1 Å². The predicted octanol–water partition coefficient (Wildman–Crippen LogP) is 2.67. The molecule has 0 amide bonds. The number of nitrogens with zero attached hydrogens (tertiary/aromatic N) is 3. The number of piperazine rings is 1. The van der Waals surface area contributed by atoms with E-state index < -0.39 is 5.97 Å². The summed E-state index contributed by atoms with van der Waals surface area (Å²) in [5, 5.41) is 10.3. The lowest BCUT2D eigenvalue weighted by Gasteiger charge is -2.39. The molecule has 0 spiro atoms. The molecule has 1 aromatic rings. The summed E-state index contributed by atoms with van der Waals surface area (Å²) in [6, 6.07) is 0.471. The molecule has 1 atom stereocenters. The Balaban J connectivity index is 2.28. The Morgan fingerprint density at radius 2 is 2.10 bits per heavy atom. The van der Waals surface area contributed by atoms with Crippen molar-refractivity contribution in [3.8, 4) is 0 Å². The number of anilines is 1. The standard InChI is InChI=1S/C15H25N3O2S/c1-6-17-7-8-18(9-10(17)2)14-16-12(15(3,4)5)11(21-14)13(19)20/h10H,6-9H2,1-5H3,(H,19,20). The molecule has 1 aliphatic rings. The van der Waals surface area contributed by atoms with E-state index in [-0.39, 0.29) is 5.41 Å². The summed E-state index contributed by atoms with van der Waals surface area (Å²) in [5.41, 5.74) is 0.444. The second kappa shape index (κ2) is 5.93. The van der Waals surface area contributed by atoms with Crippen LogP contribution in [0.5, 0.6) is 0 Å². The van der Waals surface area contributed by atoms with Crippen molar-refractivity contribution >= 4 is 22.4 Å². The summed E-state index contributed by atoms with van der Waals surface area (Å²) >= 11 is 1.31. The summed E-state index contributed by atoms with van der Waals surface area (Å²) in [6.07, 6.45) is 0. The van der Waals surface area contributed by atoms with Crippen molar-refractivity contribution in [1.29, 1.82) is 0 Å². The summed E-state index contributed by atoms with van der Waals surface area (Å²) < 4.78 is 0. The molecule has 5 nitrogen and oxygen atoms in total. The quantitative estimate of drug-likeness (QED) is 0.930. The summed E-state index contributed by atoms with van der Waals surface area (Å²) in [6.45, 7) is 14.3. The summed E-state index contributed by atoms with van der Waals surface area (Å²) in [7, 11) is 0. The molecule has 1 fully saturated rings. The van der Waals surface area contributed by atoms with Crippen LogP contribution in [0.25, 0.3) is 0 Å². The largest absolute Gasteiger partial charge is 0.477 e. The number of carbonyl (C=O) groups is 1. The van der Waals surface area contributed by atoms with E-state index in [0.717, 1.165) is 31.3 Å². The van der Waals surface area contributed by atoms with E-state index in [1.807, 2.05) is 20.8 Å². The van der Waals surface area contributed by atoms with Crippen molar-refractivity contribution in [3.63, 3.8) is 0 Å². The Labute approximate surface area is 130 Å². The van der Waals surface area contributed by atoms with E-state index in [1.165, 1.54) is 11.3 Å². The fourth-order valence-corrected chi connectivity index (χ4v) is 3.89. The number of hydrogen-bond donors (Lipinski definition) is 1. The molecular formula is C15H25N3O2S. The highest BCUT2D eigenvalue weighted by Crippen LogP contribution is 2.34. The Morgan fingerprint density at radius 3 is 2.52 bits per heavy atom. The van der Waals surface area contributed by atoms with Crippen molar-refractivity contribution in [2.75, 3.05) is 31.1 Å². The number of carboxylic acid groups (broad SMARTS) is 1. The van der Waals surface area contributed by atoms with Gasteiger partial charge in [-0.05, 0) is 13.5 Å². The maximum Gasteiger partial charge on any atom is 0.347 e. The number of aromatic nitrogens is 1. The van der Waals surface area contributed by atoms with Crippen molar-refractivity contribution in [2.24, 2.45) is 0 Å². The lowest BCUT2D eigenvalue weighted by molar-refractivity contribution is 0.0699. The van der Waals surface area contributed by atoms with Gasteiger partial charge in [0.25, 0.3) is 0 Å². The van der Waals surface area contributed by atoms with Crippen LogP contribution in [0.3, 0.4) is 0 Å². The molecular weight excluding hydrogens is 286 g/mol. The topological polar surface area (TPSA) is 56.7 Å². The smallest absolute Gasteiger partial charge is 0.347 e. The normalized spacial score (nSPS) is 20.8. The van der Waals surface area contributed by atoms with Crippen molar-refractivity contribution < 1.29 is 9.90 Å². The maximum absolute atomic E-state index is 11.5. The highest BCUT2D eigenvalue weighted by Gasteiger charge is 2.30. The van der Waals surface area contributed by atoms with Crippen LogP contribution in [0.1, 0.15) is 50.0 Å². The van der Waals surface area contributed by atoms with Crippen molar-refractivity contribution in [3.05, 3.63) is 10.6 Å². The molecule has 0 saturated carbocycles. The summed E-state index contributed by atoms with van der Waals surface area (Å²) in [4.78, 5) is 21.2. The Bertz CT molecular complexity index is 521. The molecule has 1 aliphatic heterocycles. The first-order valence-corrected chi connectivity index (χ1v) is 8.29. The molecule has 0 aliphatic carbocycles. The number of aromatic carboxylic acids is 1. The predicted molar refractivity (Wildman–Crippen MR) is 86.7 cm³/mol. The average molecular weight is 311 g/mol. The van der Waals surface area contributed by atoms with Crippen LogP contribution in [0.2, 0.25) is 0 Å². The fourth-order valence-electron chi connectivity index (χ4n) is 2.74. The van der Waals surface area contributed by atoms with Gasteiger partial charge in [-0.25, -0.2) is 9.78 Å². The van der Waals surface area contributed by atoms with Gasteiger partial charge in [0.15, 0.2) is 5.13 Å². The van der Waals surface area contributed by atoms with E-state index in [2.05, 4.69) is 28.6 Å². The van der Waals surface area contributed by atoms with Crippen LogP contribution >= 0.6 is 11.3 Å². The van der Waals surface area contributed by atoms with Crippen LogP contribution in [0.4, 0.5) is 5.13 Å². The van der Waals surface area contributed by atoms with Gasteiger partial charge in [0, 0.05) is 31.1 Å². The Morgan fingerprint density at radius 1 is 1.43 bits per heavy atom. The van der Waals surface area contributed by atoms with Crippen LogP contribution in [-0.4, -0.2) is 53.2 Å². The van der Waals surface area contributed by atoms with E-state index >= 15 is 0 Å². The molecule has 2 heterocycles. The zero-order chi connectivity index (χ0) is 15.8. The fraction of sp³-hybridized carbons (Fsp3) is 0.733. The van der Waals surface area contributed by atoms with E-state index in [4.69, 9.17) is 0 Å². The maximum atomic E-state index is 11.5. The lowest BCUT2D eigenvalue weighted by Crippen LogP contribution is -2.51. The second-order valence-corrected chi connectivity index (χ2v) is 7.63. The first-order chi connectivity index (χ1) is 9.74. The van der Waals surface area contributed by atoms with Gasteiger partial charge in [0.05, 0.1) is 5.69 Å². The molecule has 0 radical (unpaired) electrons. The zero-order valence-electron chi connectivity index (χ0n) is 13.5. The highest BCUT2D eigenvalue weighted by molar-refractivity contribution is 7.17. The molecule has 21 heavy (non-hydrogen) atoms. The average Bonchev–Trinajstić information content (AvgIpc) is 2.83. The van der Waals surface area contributed by atoms with Gasteiger partial charge in [-0.15, -0.1) is 0 Å². The molecule has 118 valence electrons. The van der Waals surface area contributed by atoms with Gasteiger partial charge in [-0.3, -0.25) is 4.90 Å². The molecule has 1 aromatic heterocycles. The number of thiazole rings is 1. The third kappa shape index (κ3) is 3.37. The van der Waals surface area contributed by atoms with Crippen LogP contribution in [-0.2, 0) is 5.41 Å². The first kappa shape index (κ1) is 16.2. The van der Waals surface area contributed by atoms with Crippen molar-refractivity contribution in [1.82, 2.24) is 9.88 Å². The Kier molecular flexibility index (Phi) is 4.58. The van der Waals surface area contributed by atoms with Gasteiger partial charge in [0.2, 0.25) is 0 Å².